The number of benzene rings is 2. The van der Waals surface area contributed by atoms with Gasteiger partial charge in [0.05, 0.1) is 19.1 Å². The lowest BCUT2D eigenvalue weighted by Gasteiger charge is -2.47. The maximum Gasteiger partial charge on any atom is 0.233 e. The SMILES string of the molecule is CCCC[C@@H]1C(=O)N(c2ccc(OC)cc2)[C@@H]1c1ccccc1. The number of ether oxygens (including phenoxy) is 1. The summed E-state index contributed by atoms with van der Waals surface area (Å²) in [5.41, 5.74) is 2.15. The van der Waals surface area contributed by atoms with Gasteiger partial charge in [-0.1, -0.05) is 50.1 Å². The van der Waals surface area contributed by atoms with Crippen LogP contribution in [0.2, 0.25) is 0 Å². The Hall–Kier alpha value is -2.29. The second-order valence-corrected chi connectivity index (χ2v) is 6.01. The molecule has 1 fully saturated rings. The molecule has 1 aliphatic rings. The summed E-state index contributed by atoms with van der Waals surface area (Å²) in [5.74, 6) is 1.14. The number of β-lactam (4-membered cyclic amide) rings is 1. The van der Waals surface area contributed by atoms with Crippen molar-refractivity contribution in [3.8, 4) is 5.75 Å². The Morgan fingerprint density at radius 2 is 1.74 bits per heavy atom. The normalized spacial score (nSPS) is 20.3. The molecule has 120 valence electrons. The molecule has 0 saturated carbocycles. The molecule has 3 nitrogen and oxygen atoms in total. The molecule has 2 aromatic carbocycles. The molecule has 0 bridgehead atoms. The van der Waals surface area contributed by atoms with Crippen molar-refractivity contribution in [2.75, 3.05) is 12.0 Å². The molecule has 23 heavy (non-hydrogen) atoms. The number of anilines is 1. The monoisotopic (exact) mass is 309 g/mol. The molecule has 0 aromatic heterocycles. The minimum atomic E-state index is 0.0967. The molecule has 1 heterocycles. The summed E-state index contributed by atoms with van der Waals surface area (Å²) in [4.78, 5) is 14.6. The van der Waals surface area contributed by atoms with Crippen molar-refractivity contribution in [2.45, 2.75) is 32.2 Å². The summed E-state index contributed by atoms with van der Waals surface area (Å²) in [7, 11) is 1.65. The third kappa shape index (κ3) is 2.96. The molecule has 0 unspecified atom stereocenters. The van der Waals surface area contributed by atoms with Gasteiger partial charge in [-0.05, 0) is 36.2 Å². The van der Waals surface area contributed by atoms with Gasteiger partial charge in [-0.2, -0.15) is 0 Å². The predicted molar refractivity (Wildman–Crippen MR) is 92.7 cm³/mol. The van der Waals surface area contributed by atoms with E-state index in [9.17, 15) is 4.79 Å². The van der Waals surface area contributed by atoms with Crippen molar-refractivity contribution in [1.82, 2.24) is 0 Å². The van der Waals surface area contributed by atoms with Crippen molar-refractivity contribution in [2.24, 2.45) is 5.92 Å². The van der Waals surface area contributed by atoms with Gasteiger partial charge in [0.2, 0.25) is 5.91 Å². The van der Waals surface area contributed by atoms with E-state index in [1.165, 1.54) is 5.56 Å². The van der Waals surface area contributed by atoms with Gasteiger partial charge in [0.25, 0.3) is 0 Å². The fourth-order valence-corrected chi connectivity index (χ4v) is 3.32. The highest BCUT2D eigenvalue weighted by molar-refractivity contribution is 6.03. The summed E-state index contributed by atoms with van der Waals surface area (Å²) in [6, 6.07) is 18.2. The number of rotatable bonds is 6. The number of amides is 1. The fourth-order valence-electron chi connectivity index (χ4n) is 3.32. The smallest absolute Gasteiger partial charge is 0.233 e. The third-order valence-electron chi connectivity index (χ3n) is 4.57. The Balaban J connectivity index is 1.89. The Morgan fingerprint density at radius 3 is 2.35 bits per heavy atom. The van der Waals surface area contributed by atoms with Gasteiger partial charge < -0.3 is 9.64 Å². The van der Waals surface area contributed by atoms with E-state index in [0.717, 1.165) is 30.7 Å². The second-order valence-electron chi connectivity index (χ2n) is 6.01. The lowest BCUT2D eigenvalue weighted by Crippen LogP contribution is -2.55. The van der Waals surface area contributed by atoms with Gasteiger partial charge in [0, 0.05) is 5.69 Å². The highest BCUT2D eigenvalue weighted by Gasteiger charge is 2.47. The van der Waals surface area contributed by atoms with Crippen LogP contribution in [0, 0.1) is 5.92 Å². The van der Waals surface area contributed by atoms with E-state index in [1.54, 1.807) is 7.11 Å². The number of carbonyl (C=O) groups excluding carboxylic acids is 1. The molecule has 0 N–H and O–H groups in total. The Morgan fingerprint density at radius 1 is 1.04 bits per heavy atom. The summed E-state index contributed by atoms with van der Waals surface area (Å²) in [6.45, 7) is 2.17. The Kier molecular flexibility index (Phi) is 4.65. The number of unbranched alkanes of at least 4 members (excludes halogenated alkanes) is 1. The number of methoxy groups -OCH3 is 1. The first-order chi connectivity index (χ1) is 11.3. The maximum atomic E-state index is 12.7. The van der Waals surface area contributed by atoms with Crippen LogP contribution >= 0.6 is 0 Å². The van der Waals surface area contributed by atoms with Crippen LogP contribution < -0.4 is 9.64 Å². The van der Waals surface area contributed by atoms with Crippen LogP contribution in [0.3, 0.4) is 0 Å². The standard InChI is InChI=1S/C20H23NO2/c1-3-4-10-18-19(15-8-6-5-7-9-15)21(20(18)22)16-11-13-17(23-2)14-12-16/h5-9,11-14,18-19H,3-4,10H2,1-2H3/t18-,19+/m0/s1. The molecule has 0 spiro atoms. The van der Waals surface area contributed by atoms with Gasteiger partial charge in [0.1, 0.15) is 5.75 Å². The van der Waals surface area contributed by atoms with Crippen LogP contribution in [-0.2, 0) is 4.79 Å². The van der Waals surface area contributed by atoms with Crippen molar-refractivity contribution in [1.29, 1.82) is 0 Å². The summed E-state index contributed by atoms with van der Waals surface area (Å²) < 4.78 is 5.21. The zero-order valence-corrected chi connectivity index (χ0v) is 13.7. The average Bonchev–Trinajstić information content (AvgIpc) is 2.61. The van der Waals surface area contributed by atoms with Gasteiger partial charge in [0.15, 0.2) is 0 Å². The maximum absolute atomic E-state index is 12.7. The fraction of sp³-hybridized carbons (Fsp3) is 0.350. The first-order valence-electron chi connectivity index (χ1n) is 8.28. The lowest BCUT2D eigenvalue weighted by molar-refractivity contribution is -0.130. The second kappa shape index (κ2) is 6.86. The molecule has 2 aromatic rings. The van der Waals surface area contributed by atoms with E-state index in [0.29, 0.717) is 0 Å². The largest absolute Gasteiger partial charge is 0.497 e. The summed E-state index contributed by atoms with van der Waals surface area (Å²) >= 11 is 0. The Labute approximate surface area is 137 Å². The molecule has 1 aliphatic heterocycles. The first-order valence-corrected chi connectivity index (χ1v) is 8.28. The molecule has 1 saturated heterocycles. The van der Waals surface area contributed by atoms with E-state index < -0.39 is 0 Å². The molecular formula is C20H23NO2. The quantitative estimate of drug-likeness (QED) is 0.730. The van der Waals surface area contributed by atoms with Gasteiger partial charge in [-0.25, -0.2) is 0 Å². The lowest BCUT2D eigenvalue weighted by atomic mass is 9.79. The first kappa shape index (κ1) is 15.6. The molecule has 1 amide bonds. The van der Waals surface area contributed by atoms with E-state index in [4.69, 9.17) is 4.74 Å². The number of nitrogens with zero attached hydrogens (tertiary/aromatic N) is 1. The zero-order valence-electron chi connectivity index (χ0n) is 13.7. The number of hydrogen-bond donors (Lipinski definition) is 0. The van der Waals surface area contributed by atoms with Crippen LogP contribution in [0.1, 0.15) is 37.8 Å². The van der Waals surface area contributed by atoms with E-state index in [1.807, 2.05) is 47.4 Å². The molecule has 2 atom stereocenters. The van der Waals surface area contributed by atoms with Crippen LogP contribution in [0.25, 0.3) is 0 Å². The summed E-state index contributed by atoms with van der Waals surface area (Å²) in [6.07, 6.45) is 3.17. The molecular weight excluding hydrogens is 286 g/mol. The van der Waals surface area contributed by atoms with Crippen LogP contribution in [0.4, 0.5) is 5.69 Å². The summed E-state index contributed by atoms with van der Waals surface area (Å²) in [5, 5.41) is 0. The van der Waals surface area contributed by atoms with E-state index in [-0.39, 0.29) is 17.9 Å². The van der Waals surface area contributed by atoms with Gasteiger partial charge in [-0.3, -0.25) is 4.79 Å². The van der Waals surface area contributed by atoms with Crippen LogP contribution in [-0.4, -0.2) is 13.0 Å². The predicted octanol–water partition coefficient (Wildman–Crippen LogP) is 4.59. The number of carbonyl (C=O) groups is 1. The van der Waals surface area contributed by atoms with Crippen LogP contribution in [0.5, 0.6) is 5.75 Å². The third-order valence-corrected chi connectivity index (χ3v) is 4.57. The topological polar surface area (TPSA) is 29.5 Å². The molecule has 3 heteroatoms. The minimum absolute atomic E-state index is 0.0967. The van der Waals surface area contributed by atoms with Gasteiger partial charge >= 0.3 is 0 Å². The van der Waals surface area contributed by atoms with Crippen molar-refractivity contribution in [3.05, 3.63) is 60.2 Å². The molecule has 3 rings (SSSR count). The zero-order chi connectivity index (χ0) is 16.2. The van der Waals surface area contributed by atoms with E-state index in [2.05, 4.69) is 19.1 Å². The Bertz CT molecular complexity index is 651. The van der Waals surface area contributed by atoms with Crippen LogP contribution in [0.15, 0.2) is 54.6 Å². The molecule has 0 radical (unpaired) electrons. The van der Waals surface area contributed by atoms with Gasteiger partial charge in [-0.15, -0.1) is 0 Å². The van der Waals surface area contributed by atoms with E-state index >= 15 is 0 Å². The van der Waals surface area contributed by atoms with Crippen molar-refractivity contribution < 1.29 is 9.53 Å². The highest BCUT2D eigenvalue weighted by Crippen LogP contribution is 2.45. The van der Waals surface area contributed by atoms with Crippen molar-refractivity contribution >= 4 is 11.6 Å². The molecule has 0 aliphatic carbocycles. The average molecular weight is 309 g/mol. The highest BCUT2D eigenvalue weighted by atomic mass is 16.5. The minimum Gasteiger partial charge on any atom is -0.497 e. The number of hydrogen-bond acceptors (Lipinski definition) is 2. The van der Waals surface area contributed by atoms with Crippen molar-refractivity contribution in [3.63, 3.8) is 0 Å².